The van der Waals surface area contributed by atoms with Gasteiger partial charge < -0.3 is 49.0 Å². The number of benzene rings is 2. The van der Waals surface area contributed by atoms with E-state index in [0.717, 1.165) is 17.6 Å². The number of ketones is 2. The van der Waals surface area contributed by atoms with E-state index in [1.54, 1.807) is 52.8 Å². The van der Waals surface area contributed by atoms with Gasteiger partial charge in [-0.3, -0.25) is 19.4 Å². The molecule has 66 heavy (non-hydrogen) atoms. The number of Topliss-reactive ketones (excluding diaryl/α,β-unsaturated/α-hetero) is 2. The lowest BCUT2D eigenvalue weighted by atomic mass is 9.78. The lowest BCUT2D eigenvalue weighted by molar-refractivity contribution is -0.906. The second kappa shape index (κ2) is 20.4. The van der Waals surface area contributed by atoms with Gasteiger partial charge in [0.25, 0.3) is 5.78 Å². The minimum atomic E-state index is -2.04. The Balaban J connectivity index is 1.66. The number of ether oxygens (including phenoxy) is 4. The first-order valence-electron chi connectivity index (χ1n) is 22.7. The number of carbonyl (C=O) groups excluding carboxylic acids is 3. The maximum atomic E-state index is 14.6. The van der Waals surface area contributed by atoms with Gasteiger partial charge in [-0.2, -0.15) is 5.10 Å². The number of quaternary nitrogens is 1. The van der Waals surface area contributed by atoms with Crippen molar-refractivity contribution < 1.29 is 63.3 Å². The van der Waals surface area contributed by atoms with Crippen LogP contribution in [0.15, 0.2) is 41.2 Å². The third-order valence-electron chi connectivity index (χ3n) is 13.4. The van der Waals surface area contributed by atoms with Crippen LogP contribution in [0.3, 0.4) is 0 Å². The summed E-state index contributed by atoms with van der Waals surface area (Å²) < 4.78 is 24.5. The number of hydrogen-bond donors (Lipinski definition) is 5. The molecule has 4 aliphatic rings. The zero-order chi connectivity index (χ0) is 49.2. The van der Waals surface area contributed by atoms with Crippen molar-refractivity contribution in [2.75, 3.05) is 46.9 Å². The van der Waals surface area contributed by atoms with E-state index in [1.807, 2.05) is 5.01 Å². The number of carbonyl (C=O) groups is 3. The van der Waals surface area contributed by atoms with E-state index in [1.165, 1.54) is 46.4 Å². The molecule has 15 nitrogen and oxygen atoms in total. The van der Waals surface area contributed by atoms with Gasteiger partial charge in [-0.05, 0) is 25.5 Å². The van der Waals surface area contributed by atoms with Crippen molar-refractivity contribution in [2.45, 2.75) is 112 Å². The molecule has 6 rings (SSSR count). The zero-order valence-corrected chi connectivity index (χ0v) is 41.8. The second-order valence-electron chi connectivity index (χ2n) is 19.8. The van der Waals surface area contributed by atoms with Crippen LogP contribution in [0.1, 0.15) is 75.5 Å². The fourth-order valence-corrected chi connectivity index (χ4v) is 9.55. The molecule has 0 aromatic heterocycles. The maximum absolute atomic E-state index is 14.6. The van der Waals surface area contributed by atoms with Gasteiger partial charge in [0, 0.05) is 73.1 Å². The van der Waals surface area contributed by atoms with Crippen molar-refractivity contribution in [2.24, 2.45) is 28.8 Å². The first kappa shape index (κ1) is 51.8. The minimum absolute atomic E-state index is 0.0188. The van der Waals surface area contributed by atoms with Crippen LogP contribution < -0.4 is 4.74 Å². The number of phenols is 3. The Labute approximate surface area is 390 Å². The highest BCUT2D eigenvalue weighted by molar-refractivity contribution is 6.83. The molecular weight excluding hydrogens is 863 g/mol. The number of nitrogens with zero attached hydrogens (tertiary/aromatic N) is 3. The molecule has 1 saturated heterocycles. The van der Waals surface area contributed by atoms with Crippen LogP contribution in [-0.4, -0.2) is 144 Å². The number of aromatic hydroxyl groups is 3. The fourth-order valence-electron chi connectivity index (χ4n) is 8.94. The van der Waals surface area contributed by atoms with Crippen LogP contribution in [0.5, 0.6) is 23.0 Å². The molecule has 2 aromatic rings. The van der Waals surface area contributed by atoms with E-state index in [0.29, 0.717) is 19.6 Å². The van der Waals surface area contributed by atoms with Crippen molar-refractivity contribution in [1.29, 1.82) is 0 Å². The Bertz CT molecular complexity index is 2380. The van der Waals surface area contributed by atoms with E-state index in [-0.39, 0.29) is 44.3 Å². The molecule has 0 radical (unpaired) electrons. The lowest BCUT2D eigenvalue weighted by Crippen LogP contribution is -2.56. The van der Waals surface area contributed by atoms with Crippen molar-refractivity contribution in [3.63, 3.8) is 0 Å². The van der Waals surface area contributed by atoms with Gasteiger partial charge in [0.1, 0.15) is 43.7 Å². The van der Waals surface area contributed by atoms with E-state index in [2.05, 4.69) is 38.2 Å². The molecule has 4 aliphatic heterocycles. The number of hydrazone groups is 1. The molecule has 0 unspecified atom stereocenters. The van der Waals surface area contributed by atoms with Crippen molar-refractivity contribution in [1.82, 2.24) is 5.01 Å². The predicted molar refractivity (Wildman–Crippen MR) is 255 cm³/mol. The average Bonchev–Trinajstić information content (AvgIpc) is 3.51. The molecule has 0 aliphatic carbocycles. The number of esters is 1. The number of likely N-dealkylation sites (N-methyl/N-ethyl adjacent to an activating group) is 1. The molecule has 1 fully saturated rings. The van der Waals surface area contributed by atoms with E-state index < -0.39 is 103 Å². The number of fused-ring (bicyclic) bond motifs is 14. The van der Waals surface area contributed by atoms with Gasteiger partial charge in [-0.25, -0.2) is 0 Å². The summed E-state index contributed by atoms with van der Waals surface area (Å²) >= 11 is 0. The molecule has 2 aromatic carbocycles. The standard InChI is InChI=1S/C50H69N3O12Si/c1-28-16-14-17-29(2)42(56)31(4)43(57)32(5)47(64-34(7)54)30(3)38(62-10)18-24-63-50(8)49(61)41-39-40(44(58)33(6)48(41)65-50)45(59)35(26-37(28)55)36(46(39)60)27-51-52-19-22-53(9,23-20-52)21-15-25-66(11,12)13/h14,16-18,24,27,29-32,38,42-43,47,56-57H,19-23,26H2,1-13H3,(H2-,51,58,59,60,61)/p+1/b17-14+,24-18+,28-16-/t29-,30+,31+,32+,38-,42-,43+,47+,50-/m0/s1. The Morgan fingerprint density at radius 3 is 2.24 bits per heavy atom. The normalized spacial score (nSPS) is 30.6. The Morgan fingerprint density at radius 2 is 1.64 bits per heavy atom. The third-order valence-corrected chi connectivity index (χ3v) is 14.3. The number of rotatable bonds is 5. The summed E-state index contributed by atoms with van der Waals surface area (Å²) in [7, 11) is 2.07. The van der Waals surface area contributed by atoms with Crippen LogP contribution in [0, 0.1) is 42.1 Å². The highest BCUT2D eigenvalue weighted by Gasteiger charge is 2.50. The quantitative estimate of drug-likeness (QED) is 0.0592. The third kappa shape index (κ3) is 11.0. The van der Waals surface area contributed by atoms with Gasteiger partial charge in [0.2, 0.25) is 0 Å². The number of aliphatic hydroxyl groups excluding tert-OH is 2. The number of allylic oxidation sites excluding steroid dienone is 3. The van der Waals surface area contributed by atoms with Gasteiger partial charge in [0.05, 0.1) is 75.0 Å². The number of hydrogen-bond acceptors (Lipinski definition) is 14. The van der Waals surface area contributed by atoms with Crippen molar-refractivity contribution in [3.05, 3.63) is 58.4 Å². The molecular formula is C50H70N3O12Si+. The topological polar surface area (TPSA) is 205 Å². The first-order chi connectivity index (χ1) is 30.8. The highest BCUT2D eigenvalue weighted by Crippen LogP contribution is 2.54. The lowest BCUT2D eigenvalue weighted by Gasteiger charge is -2.39. The predicted octanol–water partition coefficient (Wildman–Crippen LogP) is 5.90. The summed E-state index contributed by atoms with van der Waals surface area (Å²) in [5.74, 6) is -4.45. The summed E-state index contributed by atoms with van der Waals surface area (Å²) in [6, 6.07) is 0. The van der Waals surface area contributed by atoms with Crippen LogP contribution in [0.25, 0.3) is 10.8 Å². The largest absolute Gasteiger partial charge is 0.507 e. The SMILES string of the molecule is CO[C@H]1/C=C/O[C@@]2(C)Oc3c(C)c(O)c4c(O)c(c(/C=N/N5CC[N+](C)(CC#C[Si](C)(C)C)CC5)c(O)c4c3C2=O)CC(=O)/C(C)=C\C=C\[C@H](C)[C@H](O)[C@@H](C)[C@@H](O)[C@@H](C)[C@H](OC(C)=O)[C@@H]1C. The summed E-state index contributed by atoms with van der Waals surface area (Å²) in [5.41, 5.74) is 3.60. The van der Waals surface area contributed by atoms with Gasteiger partial charge >= 0.3 is 11.8 Å². The minimum Gasteiger partial charge on any atom is -0.507 e. The fraction of sp³-hybridized carbons (Fsp3) is 0.560. The van der Waals surface area contributed by atoms with Crippen LogP contribution in [0.2, 0.25) is 19.6 Å². The monoisotopic (exact) mass is 932 g/mol. The van der Waals surface area contributed by atoms with E-state index >= 15 is 0 Å². The zero-order valence-electron chi connectivity index (χ0n) is 40.8. The smallest absolute Gasteiger partial charge is 0.312 e. The average molecular weight is 933 g/mol. The molecule has 0 saturated carbocycles. The Kier molecular flexibility index (Phi) is 16.0. The number of methoxy groups -OCH3 is 1. The molecule has 16 heteroatoms. The van der Waals surface area contributed by atoms with Gasteiger partial charge in [0.15, 0.2) is 5.78 Å². The van der Waals surface area contributed by atoms with Crippen LogP contribution >= 0.6 is 0 Å². The van der Waals surface area contributed by atoms with Crippen LogP contribution in [-0.2, 0) is 30.2 Å². The first-order valence-corrected chi connectivity index (χ1v) is 26.2. The molecule has 5 bridgehead atoms. The van der Waals surface area contributed by atoms with Crippen LogP contribution in [0.4, 0.5) is 0 Å². The van der Waals surface area contributed by atoms with E-state index in [9.17, 15) is 39.9 Å². The Hall–Kier alpha value is -5.18. The van der Waals surface area contributed by atoms with Gasteiger partial charge in [-0.15, -0.1) is 5.54 Å². The number of piperazine rings is 1. The molecule has 5 N–H and O–H groups in total. The molecule has 9 atom stereocenters. The summed E-state index contributed by atoms with van der Waals surface area (Å²) in [4.78, 5) is 41.0. The molecule has 0 amide bonds. The number of aliphatic hydroxyl groups is 2. The molecule has 0 spiro atoms. The molecule has 360 valence electrons. The number of phenolic OH excluding ortho intramolecular Hbond substituents is 3. The molecule has 4 heterocycles. The van der Waals surface area contributed by atoms with Crippen molar-refractivity contribution in [3.8, 4) is 34.5 Å². The van der Waals surface area contributed by atoms with Gasteiger partial charge in [-0.1, -0.05) is 71.5 Å². The summed E-state index contributed by atoms with van der Waals surface area (Å²) in [6.45, 7) is 22.7. The second-order valence-corrected chi connectivity index (χ2v) is 24.6. The maximum Gasteiger partial charge on any atom is 0.312 e. The summed E-state index contributed by atoms with van der Waals surface area (Å²) in [6.07, 6.45) is 4.71. The summed E-state index contributed by atoms with van der Waals surface area (Å²) in [5, 5.41) is 65.3. The van der Waals surface area contributed by atoms with E-state index in [4.69, 9.17) is 24.0 Å². The Morgan fingerprint density at radius 1 is 0.985 bits per heavy atom. The van der Waals surface area contributed by atoms with Crippen molar-refractivity contribution >= 4 is 42.6 Å². The highest BCUT2D eigenvalue weighted by atomic mass is 28.3.